The number of benzene rings is 1. The van der Waals surface area contributed by atoms with Crippen LogP contribution in [0, 0.1) is 0 Å². The van der Waals surface area contributed by atoms with Gasteiger partial charge < -0.3 is 5.32 Å². The normalized spacial score (nSPS) is 13.6. The van der Waals surface area contributed by atoms with Gasteiger partial charge in [0.25, 0.3) is 0 Å². The van der Waals surface area contributed by atoms with Gasteiger partial charge in [-0.25, -0.2) is 8.42 Å². The molecule has 0 aliphatic carbocycles. The van der Waals surface area contributed by atoms with Gasteiger partial charge in [0.1, 0.15) is 0 Å². The molecule has 0 heterocycles. The fraction of sp³-hybridized carbons (Fsp3) is 0.571. The van der Waals surface area contributed by atoms with Gasteiger partial charge in [-0.05, 0) is 53.4 Å². The van der Waals surface area contributed by atoms with Gasteiger partial charge in [0.05, 0.1) is 4.90 Å². The van der Waals surface area contributed by atoms with Crippen LogP contribution in [0.25, 0.3) is 0 Å². The SMILES string of the molecule is CCNCc1ccc(S(=O)(=O)N(C)C(C)CSC)c(Br)c1. The standard InChI is InChI=1S/C14H23BrN2O2S2/c1-5-16-9-12-6-7-14(13(15)8-12)21(18,19)17(3)11(2)10-20-4/h6-8,11,16H,5,9-10H2,1-4H3. The molecular formula is C14H23BrN2O2S2. The molecule has 0 radical (unpaired) electrons. The Labute approximate surface area is 140 Å². The van der Waals surface area contributed by atoms with Gasteiger partial charge in [0, 0.05) is 29.9 Å². The van der Waals surface area contributed by atoms with Gasteiger partial charge in [-0.2, -0.15) is 16.1 Å². The predicted molar refractivity (Wildman–Crippen MR) is 94.3 cm³/mol. The number of rotatable bonds is 8. The summed E-state index contributed by atoms with van der Waals surface area (Å²) in [5.41, 5.74) is 1.06. The Morgan fingerprint density at radius 2 is 2.10 bits per heavy atom. The van der Waals surface area contributed by atoms with Gasteiger partial charge in [0.2, 0.25) is 10.0 Å². The second-order valence-corrected chi connectivity index (χ2v) is 8.60. The van der Waals surface area contributed by atoms with Crippen molar-refractivity contribution in [3.8, 4) is 0 Å². The van der Waals surface area contributed by atoms with Gasteiger partial charge in [-0.1, -0.05) is 13.0 Å². The van der Waals surface area contributed by atoms with Crippen LogP contribution in [0.2, 0.25) is 0 Å². The zero-order chi connectivity index (χ0) is 16.0. The summed E-state index contributed by atoms with van der Waals surface area (Å²) in [5, 5.41) is 3.22. The van der Waals surface area contributed by atoms with E-state index in [9.17, 15) is 8.42 Å². The number of thioether (sulfide) groups is 1. The van der Waals surface area contributed by atoms with Gasteiger partial charge in [-0.3, -0.25) is 0 Å². The second kappa shape index (κ2) is 8.53. The molecule has 4 nitrogen and oxygen atoms in total. The van der Waals surface area contributed by atoms with Crippen molar-refractivity contribution < 1.29 is 8.42 Å². The summed E-state index contributed by atoms with van der Waals surface area (Å²) in [6, 6.07) is 5.35. The number of hydrogen-bond acceptors (Lipinski definition) is 4. The van der Waals surface area contributed by atoms with Crippen molar-refractivity contribution in [1.82, 2.24) is 9.62 Å². The summed E-state index contributed by atoms with van der Waals surface area (Å²) in [6.07, 6.45) is 1.97. The maximum absolute atomic E-state index is 12.7. The van der Waals surface area contributed by atoms with Crippen LogP contribution in [0.4, 0.5) is 0 Å². The largest absolute Gasteiger partial charge is 0.313 e. The number of sulfonamides is 1. The van der Waals surface area contributed by atoms with Crippen molar-refractivity contribution >= 4 is 37.7 Å². The van der Waals surface area contributed by atoms with E-state index in [1.165, 1.54) is 4.31 Å². The average Bonchev–Trinajstić information content (AvgIpc) is 2.44. The highest BCUT2D eigenvalue weighted by molar-refractivity contribution is 9.10. The highest BCUT2D eigenvalue weighted by Gasteiger charge is 2.27. The molecule has 21 heavy (non-hydrogen) atoms. The van der Waals surface area contributed by atoms with Crippen molar-refractivity contribution in [2.45, 2.75) is 31.3 Å². The Balaban J connectivity index is 3.03. The Kier molecular flexibility index (Phi) is 7.70. The molecule has 1 rings (SSSR count). The van der Waals surface area contributed by atoms with E-state index in [0.717, 1.165) is 24.4 Å². The molecule has 0 spiro atoms. The minimum Gasteiger partial charge on any atom is -0.313 e. The Morgan fingerprint density at radius 3 is 2.62 bits per heavy atom. The summed E-state index contributed by atoms with van der Waals surface area (Å²) in [4.78, 5) is 0.318. The highest BCUT2D eigenvalue weighted by atomic mass is 79.9. The zero-order valence-electron chi connectivity index (χ0n) is 12.9. The lowest BCUT2D eigenvalue weighted by Gasteiger charge is -2.24. The van der Waals surface area contributed by atoms with Crippen molar-refractivity contribution in [3.63, 3.8) is 0 Å². The van der Waals surface area contributed by atoms with E-state index in [4.69, 9.17) is 0 Å². The molecule has 1 N–H and O–H groups in total. The lowest BCUT2D eigenvalue weighted by Crippen LogP contribution is -2.36. The molecule has 0 amide bonds. The van der Waals surface area contributed by atoms with Crippen LogP contribution in [0.3, 0.4) is 0 Å². The smallest absolute Gasteiger partial charge is 0.244 e. The average molecular weight is 395 g/mol. The molecule has 0 aliphatic heterocycles. The molecule has 0 aromatic heterocycles. The third kappa shape index (κ3) is 4.96. The minimum atomic E-state index is -3.48. The number of halogens is 1. The Bertz CT molecular complexity index is 564. The fourth-order valence-electron chi connectivity index (χ4n) is 1.87. The molecular weight excluding hydrogens is 372 g/mol. The molecule has 0 fully saturated rings. The molecule has 1 aromatic carbocycles. The van der Waals surface area contributed by atoms with Crippen LogP contribution in [0.5, 0.6) is 0 Å². The fourth-order valence-corrected chi connectivity index (χ4v) is 5.12. The van der Waals surface area contributed by atoms with Crippen molar-refractivity contribution in [1.29, 1.82) is 0 Å². The van der Waals surface area contributed by atoms with Crippen LogP contribution in [-0.2, 0) is 16.6 Å². The molecule has 1 aromatic rings. The number of nitrogens with zero attached hydrogens (tertiary/aromatic N) is 1. The van der Waals surface area contributed by atoms with E-state index in [-0.39, 0.29) is 6.04 Å². The van der Waals surface area contributed by atoms with Crippen molar-refractivity contribution in [2.75, 3.05) is 25.6 Å². The van der Waals surface area contributed by atoms with Crippen molar-refractivity contribution in [3.05, 3.63) is 28.2 Å². The topological polar surface area (TPSA) is 49.4 Å². The third-order valence-corrected chi connectivity index (χ3v) is 7.03. The first-order valence-electron chi connectivity index (χ1n) is 6.80. The Hall–Kier alpha value is -0.0800. The van der Waals surface area contributed by atoms with E-state index >= 15 is 0 Å². The van der Waals surface area contributed by atoms with E-state index in [1.807, 2.05) is 32.2 Å². The van der Waals surface area contributed by atoms with Gasteiger partial charge >= 0.3 is 0 Å². The maximum Gasteiger partial charge on any atom is 0.244 e. The third-order valence-electron chi connectivity index (χ3n) is 3.26. The van der Waals surface area contributed by atoms with E-state index in [1.54, 1.807) is 24.9 Å². The number of hydrogen-bond donors (Lipinski definition) is 1. The van der Waals surface area contributed by atoms with E-state index in [2.05, 4.69) is 21.2 Å². The molecule has 1 unspecified atom stereocenters. The molecule has 0 aliphatic rings. The zero-order valence-corrected chi connectivity index (χ0v) is 16.1. The van der Waals surface area contributed by atoms with Crippen molar-refractivity contribution in [2.24, 2.45) is 0 Å². The summed E-state index contributed by atoms with van der Waals surface area (Å²) < 4.78 is 27.4. The second-order valence-electron chi connectivity index (χ2n) is 4.87. The summed E-state index contributed by atoms with van der Waals surface area (Å²) in [6.45, 7) is 5.57. The first-order valence-corrected chi connectivity index (χ1v) is 10.4. The van der Waals surface area contributed by atoms with Crippen LogP contribution in [-0.4, -0.2) is 44.4 Å². The number of nitrogens with one attached hydrogen (secondary N) is 1. The van der Waals surface area contributed by atoms with Crippen LogP contribution in [0.15, 0.2) is 27.6 Å². The molecule has 1 atom stereocenters. The first-order chi connectivity index (χ1) is 9.84. The van der Waals surface area contributed by atoms with Crippen LogP contribution < -0.4 is 5.32 Å². The molecule has 0 saturated heterocycles. The van der Waals surface area contributed by atoms with Gasteiger partial charge in [-0.15, -0.1) is 0 Å². The maximum atomic E-state index is 12.7. The summed E-state index contributed by atoms with van der Waals surface area (Å²) >= 11 is 5.03. The molecule has 7 heteroatoms. The molecule has 120 valence electrons. The lowest BCUT2D eigenvalue weighted by molar-refractivity contribution is 0.415. The predicted octanol–water partition coefficient (Wildman–Crippen LogP) is 2.93. The van der Waals surface area contributed by atoms with E-state index in [0.29, 0.717) is 9.37 Å². The quantitative estimate of drug-likeness (QED) is 0.736. The van der Waals surface area contributed by atoms with E-state index < -0.39 is 10.0 Å². The first kappa shape index (κ1) is 19.0. The monoisotopic (exact) mass is 394 g/mol. The minimum absolute atomic E-state index is 0.0432. The highest BCUT2D eigenvalue weighted by Crippen LogP contribution is 2.27. The molecule has 0 bridgehead atoms. The summed E-state index contributed by atoms with van der Waals surface area (Å²) in [5.74, 6) is 0.770. The lowest BCUT2D eigenvalue weighted by atomic mass is 10.2. The Morgan fingerprint density at radius 1 is 1.43 bits per heavy atom. The summed E-state index contributed by atoms with van der Waals surface area (Å²) in [7, 11) is -1.84. The molecule has 0 saturated carbocycles. The van der Waals surface area contributed by atoms with Gasteiger partial charge in [0.15, 0.2) is 0 Å². The van der Waals surface area contributed by atoms with Crippen LogP contribution >= 0.6 is 27.7 Å². The van der Waals surface area contributed by atoms with Crippen LogP contribution in [0.1, 0.15) is 19.4 Å².